The van der Waals surface area contributed by atoms with E-state index >= 15 is 0 Å². The Morgan fingerprint density at radius 2 is 1.89 bits per heavy atom. The second-order valence-corrected chi connectivity index (χ2v) is 6.39. The molecule has 0 aliphatic rings. The highest BCUT2D eigenvalue weighted by atomic mass is 19.1. The number of hydrogen-bond donors (Lipinski definition) is 1. The van der Waals surface area contributed by atoms with Crippen molar-refractivity contribution in [1.29, 1.82) is 0 Å². The van der Waals surface area contributed by atoms with Crippen LogP contribution in [-0.2, 0) is 4.79 Å². The lowest BCUT2D eigenvalue weighted by molar-refractivity contribution is -0.116. The van der Waals surface area contributed by atoms with Gasteiger partial charge in [-0.15, -0.1) is 5.10 Å². The van der Waals surface area contributed by atoms with Gasteiger partial charge < -0.3 is 9.88 Å². The van der Waals surface area contributed by atoms with E-state index in [0.29, 0.717) is 22.2 Å². The molecule has 4 rings (SSSR count). The maximum atomic E-state index is 13.5. The highest BCUT2D eigenvalue weighted by Gasteiger charge is 2.12. The van der Waals surface area contributed by atoms with Crippen LogP contribution in [0.15, 0.2) is 59.5 Å². The SMILES string of the molecule is CC(=O)N(C)c1ccc(-n2cc(-c3cc4cc(F)ccc4[nH]c3=O)nn2)cc1. The number of hydrogen-bond acceptors (Lipinski definition) is 4. The highest BCUT2D eigenvalue weighted by molar-refractivity contribution is 5.90. The molecule has 1 N–H and O–H groups in total. The van der Waals surface area contributed by atoms with Crippen LogP contribution in [0.5, 0.6) is 0 Å². The van der Waals surface area contributed by atoms with Crippen LogP contribution < -0.4 is 10.5 Å². The number of H-pyrrole nitrogens is 1. The topological polar surface area (TPSA) is 83.9 Å². The molecule has 0 aliphatic heterocycles. The third-order valence-electron chi connectivity index (χ3n) is 4.55. The van der Waals surface area contributed by atoms with Crippen LogP contribution in [0, 0.1) is 5.82 Å². The van der Waals surface area contributed by atoms with Gasteiger partial charge in [0.1, 0.15) is 11.5 Å². The number of benzene rings is 2. The molecule has 2 aromatic heterocycles. The summed E-state index contributed by atoms with van der Waals surface area (Å²) in [6, 6.07) is 12.9. The Labute approximate surface area is 159 Å². The van der Waals surface area contributed by atoms with Crippen LogP contribution in [0.2, 0.25) is 0 Å². The van der Waals surface area contributed by atoms with Crippen molar-refractivity contribution in [2.45, 2.75) is 6.92 Å². The van der Waals surface area contributed by atoms with Crippen LogP contribution >= 0.6 is 0 Å². The monoisotopic (exact) mass is 377 g/mol. The summed E-state index contributed by atoms with van der Waals surface area (Å²) in [7, 11) is 1.69. The van der Waals surface area contributed by atoms with Crippen molar-refractivity contribution in [2.75, 3.05) is 11.9 Å². The number of nitrogens with one attached hydrogen (secondary N) is 1. The first kappa shape index (κ1) is 17.6. The first-order valence-corrected chi connectivity index (χ1v) is 8.52. The van der Waals surface area contributed by atoms with Gasteiger partial charge in [0.25, 0.3) is 5.56 Å². The Morgan fingerprint density at radius 3 is 2.61 bits per heavy atom. The number of carbonyl (C=O) groups is 1. The van der Waals surface area contributed by atoms with Gasteiger partial charge in [0.05, 0.1) is 17.4 Å². The molecule has 2 heterocycles. The van der Waals surface area contributed by atoms with Gasteiger partial charge in [-0.25, -0.2) is 9.07 Å². The summed E-state index contributed by atoms with van der Waals surface area (Å²) in [5, 5.41) is 8.71. The van der Waals surface area contributed by atoms with Gasteiger partial charge in [0, 0.05) is 30.6 Å². The van der Waals surface area contributed by atoms with Gasteiger partial charge in [-0.1, -0.05) is 5.21 Å². The number of aromatic nitrogens is 4. The standard InChI is InChI=1S/C20H16FN5O2/c1-12(27)25(2)15-4-6-16(7-5-15)26-11-19(23-24-26)17-10-13-9-14(21)3-8-18(13)22-20(17)28/h3-11H,1-2H3,(H,22,28). The summed E-state index contributed by atoms with van der Waals surface area (Å²) in [6.07, 6.45) is 1.62. The first-order chi connectivity index (χ1) is 13.4. The molecular weight excluding hydrogens is 361 g/mol. The van der Waals surface area contributed by atoms with E-state index in [4.69, 9.17) is 0 Å². The molecule has 4 aromatic rings. The fraction of sp³-hybridized carbons (Fsp3) is 0.100. The molecule has 0 saturated carbocycles. The predicted molar refractivity (Wildman–Crippen MR) is 104 cm³/mol. The number of carbonyl (C=O) groups excluding carboxylic acids is 1. The molecule has 7 nitrogen and oxygen atoms in total. The largest absolute Gasteiger partial charge is 0.321 e. The van der Waals surface area contributed by atoms with Gasteiger partial charge in [-0.3, -0.25) is 9.59 Å². The highest BCUT2D eigenvalue weighted by Crippen LogP contribution is 2.21. The number of nitrogens with zero attached hydrogens (tertiary/aromatic N) is 4. The van der Waals surface area contributed by atoms with Crippen molar-refractivity contribution in [3.63, 3.8) is 0 Å². The second-order valence-electron chi connectivity index (χ2n) is 6.39. The van der Waals surface area contributed by atoms with E-state index in [1.165, 1.54) is 34.7 Å². The van der Waals surface area contributed by atoms with E-state index in [-0.39, 0.29) is 17.3 Å². The number of rotatable bonds is 3. The Morgan fingerprint density at radius 1 is 1.14 bits per heavy atom. The summed E-state index contributed by atoms with van der Waals surface area (Å²) >= 11 is 0. The number of fused-ring (bicyclic) bond motifs is 1. The molecule has 0 saturated heterocycles. The average Bonchev–Trinajstić information content (AvgIpc) is 3.17. The zero-order chi connectivity index (χ0) is 19.8. The summed E-state index contributed by atoms with van der Waals surface area (Å²) < 4.78 is 15.0. The molecule has 0 atom stereocenters. The molecule has 0 bridgehead atoms. The fourth-order valence-corrected chi connectivity index (χ4v) is 2.89. The molecule has 28 heavy (non-hydrogen) atoms. The Kier molecular flexibility index (Phi) is 4.23. The number of amides is 1. The summed E-state index contributed by atoms with van der Waals surface area (Å²) in [6.45, 7) is 1.49. The number of pyridine rings is 1. The molecule has 0 spiro atoms. The smallest absolute Gasteiger partial charge is 0.258 e. The molecule has 140 valence electrons. The van der Waals surface area contributed by atoms with Crippen LogP contribution in [0.4, 0.5) is 10.1 Å². The minimum Gasteiger partial charge on any atom is -0.321 e. The minimum atomic E-state index is -0.384. The lowest BCUT2D eigenvalue weighted by Crippen LogP contribution is -2.22. The quantitative estimate of drug-likeness (QED) is 0.595. The van der Waals surface area contributed by atoms with Gasteiger partial charge in [-0.2, -0.15) is 0 Å². The third-order valence-corrected chi connectivity index (χ3v) is 4.55. The summed E-state index contributed by atoms with van der Waals surface area (Å²) in [5.74, 6) is -0.451. The molecule has 1 amide bonds. The molecule has 0 aliphatic carbocycles. The maximum Gasteiger partial charge on any atom is 0.258 e. The average molecular weight is 377 g/mol. The van der Waals surface area contributed by atoms with Crippen LogP contribution in [0.3, 0.4) is 0 Å². The van der Waals surface area contributed by atoms with E-state index in [1.807, 2.05) is 0 Å². The summed E-state index contributed by atoms with van der Waals surface area (Å²) in [5.41, 5.74) is 2.37. The van der Waals surface area contributed by atoms with Crippen molar-refractivity contribution in [2.24, 2.45) is 0 Å². The first-order valence-electron chi connectivity index (χ1n) is 8.52. The zero-order valence-corrected chi connectivity index (χ0v) is 15.2. The molecule has 0 fully saturated rings. The number of aromatic amines is 1. The lowest BCUT2D eigenvalue weighted by Gasteiger charge is -2.15. The molecule has 0 unspecified atom stereocenters. The van der Waals surface area contributed by atoms with Crippen LogP contribution in [0.25, 0.3) is 27.8 Å². The zero-order valence-electron chi connectivity index (χ0n) is 15.2. The van der Waals surface area contributed by atoms with E-state index in [2.05, 4.69) is 15.3 Å². The Bertz CT molecular complexity index is 1240. The normalized spacial score (nSPS) is 11.0. The molecular formula is C20H16FN5O2. The van der Waals surface area contributed by atoms with Gasteiger partial charge in [-0.05, 0) is 48.5 Å². The van der Waals surface area contributed by atoms with E-state index in [1.54, 1.807) is 43.6 Å². The molecule has 8 heteroatoms. The van der Waals surface area contributed by atoms with Crippen molar-refractivity contribution < 1.29 is 9.18 Å². The molecule has 0 radical (unpaired) electrons. The van der Waals surface area contributed by atoms with Crippen molar-refractivity contribution in [3.8, 4) is 16.9 Å². The van der Waals surface area contributed by atoms with Crippen molar-refractivity contribution >= 4 is 22.5 Å². The van der Waals surface area contributed by atoms with Gasteiger partial charge in [0.2, 0.25) is 5.91 Å². The van der Waals surface area contributed by atoms with Crippen LogP contribution in [0.1, 0.15) is 6.92 Å². The fourth-order valence-electron chi connectivity index (χ4n) is 2.89. The summed E-state index contributed by atoms with van der Waals surface area (Å²) in [4.78, 5) is 28.1. The van der Waals surface area contributed by atoms with E-state index < -0.39 is 0 Å². The van der Waals surface area contributed by atoms with Crippen LogP contribution in [-0.4, -0.2) is 32.9 Å². The lowest BCUT2D eigenvalue weighted by atomic mass is 10.1. The Balaban J connectivity index is 1.70. The molecule has 2 aromatic carbocycles. The van der Waals surface area contributed by atoms with E-state index in [0.717, 1.165) is 11.4 Å². The second kappa shape index (κ2) is 6.73. The van der Waals surface area contributed by atoms with Gasteiger partial charge >= 0.3 is 0 Å². The van der Waals surface area contributed by atoms with Crippen molar-refractivity contribution in [3.05, 3.63) is 70.9 Å². The van der Waals surface area contributed by atoms with Crippen molar-refractivity contribution in [1.82, 2.24) is 20.0 Å². The van der Waals surface area contributed by atoms with Gasteiger partial charge in [0.15, 0.2) is 0 Å². The maximum absolute atomic E-state index is 13.5. The van der Waals surface area contributed by atoms with E-state index in [9.17, 15) is 14.0 Å². The Hall–Kier alpha value is -3.81. The number of halogens is 1. The third kappa shape index (κ3) is 3.16. The number of anilines is 1. The minimum absolute atomic E-state index is 0.0669. The predicted octanol–water partition coefficient (Wildman–Crippen LogP) is 2.90.